The molecule has 0 saturated heterocycles. The van der Waals surface area contributed by atoms with Gasteiger partial charge in [0.1, 0.15) is 11.3 Å². The number of ether oxygens (including phenoxy) is 1. The van der Waals surface area contributed by atoms with Crippen LogP contribution in [0.5, 0.6) is 0 Å². The first-order chi connectivity index (χ1) is 14.0. The summed E-state index contributed by atoms with van der Waals surface area (Å²) < 4.78 is 10.7. The average Bonchev–Trinajstić information content (AvgIpc) is 3.26. The molecule has 152 valence electrons. The van der Waals surface area contributed by atoms with E-state index in [1.54, 1.807) is 36.6 Å². The van der Waals surface area contributed by atoms with Crippen LogP contribution in [0.3, 0.4) is 0 Å². The first-order valence-corrected chi connectivity index (χ1v) is 9.82. The van der Waals surface area contributed by atoms with Gasteiger partial charge in [-0.1, -0.05) is 31.4 Å². The van der Waals surface area contributed by atoms with E-state index in [0.29, 0.717) is 30.6 Å². The van der Waals surface area contributed by atoms with Gasteiger partial charge in [0.05, 0.1) is 24.4 Å². The molecule has 2 N–H and O–H groups in total. The topological polar surface area (TPSA) is 104 Å². The molecule has 1 amide bonds. The van der Waals surface area contributed by atoms with Crippen molar-refractivity contribution in [3.8, 4) is 6.07 Å². The number of nitrogens with zero attached hydrogens (tertiary/aromatic N) is 1. The largest absolute Gasteiger partial charge is 0.467 e. The van der Waals surface area contributed by atoms with Gasteiger partial charge in [-0.05, 0) is 44.0 Å². The fourth-order valence-corrected chi connectivity index (χ4v) is 3.45. The molecule has 29 heavy (non-hydrogen) atoms. The normalized spacial score (nSPS) is 16.3. The molecule has 3 rings (SSSR count). The van der Waals surface area contributed by atoms with E-state index in [0.717, 1.165) is 25.0 Å². The second kappa shape index (κ2) is 9.28. The van der Waals surface area contributed by atoms with Crippen molar-refractivity contribution in [3.63, 3.8) is 0 Å². The van der Waals surface area contributed by atoms with Crippen LogP contribution in [0, 0.1) is 11.3 Å². The number of nitriles is 1. The van der Waals surface area contributed by atoms with Crippen LogP contribution in [0.15, 0.2) is 47.1 Å². The highest BCUT2D eigenvalue weighted by molar-refractivity contribution is 5.97. The van der Waals surface area contributed by atoms with Gasteiger partial charge in [0.15, 0.2) is 6.10 Å². The van der Waals surface area contributed by atoms with Crippen LogP contribution in [0.1, 0.15) is 55.1 Å². The zero-order chi connectivity index (χ0) is 20.7. The summed E-state index contributed by atoms with van der Waals surface area (Å²) in [5, 5.41) is 15.5. The van der Waals surface area contributed by atoms with Crippen molar-refractivity contribution >= 4 is 17.6 Å². The third-order valence-corrected chi connectivity index (χ3v) is 5.12. The van der Waals surface area contributed by atoms with Crippen LogP contribution < -0.4 is 10.6 Å². The lowest BCUT2D eigenvalue weighted by Gasteiger charge is -2.32. The Morgan fingerprint density at radius 2 is 1.97 bits per heavy atom. The molecule has 1 saturated carbocycles. The van der Waals surface area contributed by atoms with Gasteiger partial charge in [0.2, 0.25) is 0 Å². The summed E-state index contributed by atoms with van der Waals surface area (Å²) >= 11 is 0. The van der Waals surface area contributed by atoms with Crippen molar-refractivity contribution in [3.05, 3.63) is 54.0 Å². The lowest BCUT2D eigenvalue weighted by molar-refractivity contribution is -0.130. The molecule has 1 atom stereocenters. The fourth-order valence-electron chi connectivity index (χ4n) is 3.45. The van der Waals surface area contributed by atoms with Gasteiger partial charge >= 0.3 is 5.97 Å². The number of furan rings is 1. The summed E-state index contributed by atoms with van der Waals surface area (Å²) in [6, 6.07) is 12.8. The van der Waals surface area contributed by atoms with E-state index in [4.69, 9.17) is 9.15 Å². The minimum Gasteiger partial charge on any atom is -0.467 e. The van der Waals surface area contributed by atoms with Gasteiger partial charge in [-0.15, -0.1) is 0 Å². The van der Waals surface area contributed by atoms with E-state index in [9.17, 15) is 14.9 Å². The maximum atomic E-state index is 12.7. The summed E-state index contributed by atoms with van der Waals surface area (Å²) in [7, 11) is 0. The first kappa shape index (κ1) is 20.5. The SMILES string of the molecule is C[C@@H](OC(=O)c1ccccc1NCc1ccco1)C(=O)NC1(C#N)CCCCC1. The molecule has 0 unspecified atom stereocenters. The van der Waals surface area contributed by atoms with E-state index >= 15 is 0 Å². The molecule has 1 fully saturated rings. The van der Waals surface area contributed by atoms with Crippen LogP contribution in [-0.4, -0.2) is 23.5 Å². The molecular weight excluding hydrogens is 370 g/mol. The number of esters is 1. The molecule has 0 aliphatic heterocycles. The van der Waals surface area contributed by atoms with Crippen molar-refractivity contribution < 1.29 is 18.7 Å². The zero-order valence-corrected chi connectivity index (χ0v) is 16.4. The summed E-state index contributed by atoms with van der Waals surface area (Å²) in [6.07, 6.45) is 4.68. The highest BCUT2D eigenvalue weighted by atomic mass is 16.5. The lowest BCUT2D eigenvalue weighted by Crippen LogP contribution is -2.52. The minimum atomic E-state index is -1.01. The quantitative estimate of drug-likeness (QED) is 0.692. The lowest BCUT2D eigenvalue weighted by atomic mass is 9.83. The second-order valence-electron chi connectivity index (χ2n) is 7.27. The number of carbonyl (C=O) groups excluding carboxylic acids is 2. The van der Waals surface area contributed by atoms with Crippen LogP contribution in [0.25, 0.3) is 0 Å². The Bertz CT molecular complexity index is 880. The zero-order valence-electron chi connectivity index (χ0n) is 16.4. The molecule has 1 aliphatic rings. The third-order valence-electron chi connectivity index (χ3n) is 5.12. The molecule has 1 aromatic heterocycles. The van der Waals surface area contributed by atoms with Crippen molar-refractivity contribution in [1.29, 1.82) is 5.26 Å². The maximum absolute atomic E-state index is 12.7. The van der Waals surface area contributed by atoms with Gasteiger partial charge in [-0.3, -0.25) is 4.79 Å². The van der Waals surface area contributed by atoms with Gasteiger partial charge < -0.3 is 19.8 Å². The maximum Gasteiger partial charge on any atom is 0.341 e. The molecule has 7 heteroatoms. The van der Waals surface area contributed by atoms with Crippen molar-refractivity contribution in [2.45, 2.75) is 57.2 Å². The van der Waals surface area contributed by atoms with Crippen molar-refractivity contribution in [2.75, 3.05) is 5.32 Å². The Hall–Kier alpha value is -3.27. The van der Waals surface area contributed by atoms with Crippen LogP contribution in [0.2, 0.25) is 0 Å². The monoisotopic (exact) mass is 395 g/mol. The average molecular weight is 395 g/mol. The van der Waals surface area contributed by atoms with E-state index in [2.05, 4.69) is 16.7 Å². The molecule has 0 bridgehead atoms. The summed E-state index contributed by atoms with van der Waals surface area (Å²) in [6.45, 7) is 1.93. The van der Waals surface area contributed by atoms with E-state index < -0.39 is 23.5 Å². The Labute approximate surface area is 170 Å². The number of rotatable bonds is 7. The Balaban J connectivity index is 1.62. The van der Waals surface area contributed by atoms with E-state index in [-0.39, 0.29) is 0 Å². The summed E-state index contributed by atoms with van der Waals surface area (Å²) in [4.78, 5) is 25.2. The van der Waals surface area contributed by atoms with Gasteiger partial charge in [0.25, 0.3) is 5.91 Å². The highest BCUT2D eigenvalue weighted by Gasteiger charge is 2.35. The molecule has 1 heterocycles. The summed E-state index contributed by atoms with van der Waals surface area (Å²) in [5.74, 6) is -0.331. The Morgan fingerprint density at radius 1 is 1.21 bits per heavy atom. The van der Waals surface area contributed by atoms with E-state index in [1.807, 2.05) is 6.07 Å². The number of amides is 1. The van der Waals surface area contributed by atoms with Crippen LogP contribution in [0.4, 0.5) is 5.69 Å². The number of hydrogen-bond acceptors (Lipinski definition) is 6. The number of benzene rings is 1. The molecule has 1 aromatic carbocycles. The number of para-hydroxylation sites is 1. The summed E-state index contributed by atoms with van der Waals surface area (Å²) in [5.41, 5.74) is 0.0482. The number of nitrogens with one attached hydrogen (secondary N) is 2. The van der Waals surface area contributed by atoms with Crippen LogP contribution >= 0.6 is 0 Å². The van der Waals surface area contributed by atoms with E-state index in [1.165, 1.54) is 6.92 Å². The Morgan fingerprint density at radius 3 is 2.66 bits per heavy atom. The molecule has 7 nitrogen and oxygen atoms in total. The van der Waals surface area contributed by atoms with Gasteiger partial charge in [0, 0.05) is 5.69 Å². The number of anilines is 1. The standard InChI is InChI=1S/C22H25N3O4/c1-16(20(26)25-22(15-23)11-5-2-6-12-22)29-21(27)18-9-3-4-10-19(18)24-14-17-8-7-13-28-17/h3-4,7-10,13,16,24H,2,5-6,11-12,14H2,1H3,(H,25,26)/t16-/m1/s1. The molecule has 0 spiro atoms. The molecule has 2 aromatic rings. The van der Waals surface area contributed by atoms with Crippen molar-refractivity contribution in [2.24, 2.45) is 0 Å². The predicted molar refractivity (Wildman–Crippen MR) is 107 cm³/mol. The Kier molecular flexibility index (Phi) is 6.55. The number of hydrogen-bond donors (Lipinski definition) is 2. The van der Waals surface area contributed by atoms with Crippen molar-refractivity contribution in [1.82, 2.24) is 5.32 Å². The first-order valence-electron chi connectivity index (χ1n) is 9.82. The van der Waals surface area contributed by atoms with Crippen LogP contribution in [-0.2, 0) is 16.1 Å². The predicted octanol–water partition coefficient (Wildman–Crippen LogP) is 3.78. The third kappa shape index (κ3) is 5.17. The highest BCUT2D eigenvalue weighted by Crippen LogP contribution is 2.27. The van der Waals surface area contributed by atoms with Gasteiger partial charge in [-0.25, -0.2) is 4.79 Å². The molecule has 1 aliphatic carbocycles. The van der Waals surface area contributed by atoms with Gasteiger partial charge in [-0.2, -0.15) is 5.26 Å². The molecular formula is C22H25N3O4. The number of carbonyl (C=O) groups is 2. The minimum absolute atomic E-state index is 0.325. The fraction of sp³-hybridized carbons (Fsp3) is 0.409. The molecule has 0 radical (unpaired) electrons. The smallest absolute Gasteiger partial charge is 0.341 e. The second-order valence-corrected chi connectivity index (χ2v) is 7.27.